The largest absolute Gasteiger partial charge is 0.473 e. The molecular formula is C36H21BN2O. The highest BCUT2D eigenvalue weighted by Gasteiger charge is 2.44. The summed E-state index contributed by atoms with van der Waals surface area (Å²) in [5.74, 6) is 0. The number of hydrogen-bond acceptors (Lipinski definition) is 1. The number of furan rings is 1. The van der Waals surface area contributed by atoms with E-state index in [1.54, 1.807) is 0 Å². The van der Waals surface area contributed by atoms with Crippen molar-refractivity contribution in [3.8, 4) is 39.2 Å². The zero-order valence-corrected chi connectivity index (χ0v) is 21.5. The average Bonchev–Trinajstić information content (AvgIpc) is 3.70. The summed E-state index contributed by atoms with van der Waals surface area (Å²) in [6, 6.07) is 44.0. The van der Waals surface area contributed by atoms with Gasteiger partial charge in [0, 0.05) is 44.2 Å². The summed E-state index contributed by atoms with van der Waals surface area (Å²) < 4.78 is 11.6. The molecule has 184 valence electrons. The number of nitrogens with zero attached hydrogens (tertiary/aromatic N) is 2. The van der Waals surface area contributed by atoms with Gasteiger partial charge in [0.05, 0.1) is 17.3 Å². The molecule has 40 heavy (non-hydrogen) atoms. The van der Waals surface area contributed by atoms with Crippen LogP contribution in [-0.2, 0) is 0 Å². The normalized spacial score (nSPS) is 12.9. The van der Waals surface area contributed by atoms with Crippen LogP contribution in [0.2, 0.25) is 0 Å². The van der Waals surface area contributed by atoms with E-state index in [2.05, 4.69) is 130 Å². The van der Waals surface area contributed by atoms with Crippen LogP contribution in [0.25, 0.3) is 71.9 Å². The Morgan fingerprint density at radius 3 is 2.10 bits per heavy atom. The summed E-state index contributed by atoms with van der Waals surface area (Å²) >= 11 is 0. The van der Waals surface area contributed by atoms with Gasteiger partial charge in [-0.2, -0.15) is 0 Å². The van der Waals surface area contributed by atoms with E-state index in [0.717, 1.165) is 5.66 Å². The molecule has 0 amide bonds. The average molecular weight is 508 g/mol. The van der Waals surface area contributed by atoms with Gasteiger partial charge in [-0.15, -0.1) is 0 Å². The van der Waals surface area contributed by atoms with Crippen molar-refractivity contribution in [3.05, 3.63) is 128 Å². The standard InChI is InChI=1S/C36H21BN2O/c1-3-11-22(12-4-1)31-27-18-9-17-26-25-16-10-20-30-32(25)37(39(34(26)27)33(31)23-13-5-2-6-14-23)36-35-28(21-40-36)24-15-7-8-19-29(24)38(30)35/h1-21H. The smallest absolute Gasteiger partial charge is 0.375 e. The Labute approximate surface area is 230 Å². The third-order valence-corrected chi connectivity index (χ3v) is 8.98. The Balaban J connectivity index is 1.45. The zero-order valence-electron chi connectivity index (χ0n) is 21.5. The Kier molecular flexibility index (Phi) is 3.75. The van der Waals surface area contributed by atoms with E-state index in [1.165, 1.54) is 77.4 Å². The van der Waals surface area contributed by atoms with Crippen molar-refractivity contribution in [2.24, 2.45) is 0 Å². The first-order valence-electron chi connectivity index (χ1n) is 13.8. The number of aromatic nitrogens is 2. The van der Waals surface area contributed by atoms with Crippen LogP contribution in [0.5, 0.6) is 0 Å². The molecule has 0 aliphatic carbocycles. The Morgan fingerprint density at radius 2 is 1.25 bits per heavy atom. The number of fused-ring (bicyclic) bond motifs is 7. The van der Waals surface area contributed by atoms with Gasteiger partial charge in [0.2, 0.25) is 0 Å². The highest BCUT2D eigenvalue weighted by Crippen LogP contribution is 2.47. The van der Waals surface area contributed by atoms with Crippen LogP contribution in [0, 0.1) is 0 Å². The van der Waals surface area contributed by atoms with E-state index < -0.39 is 0 Å². The summed E-state index contributed by atoms with van der Waals surface area (Å²) in [5.41, 5.74) is 14.7. The third kappa shape index (κ3) is 2.35. The van der Waals surface area contributed by atoms with Crippen molar-refractivity contribution in [1.29, 1.82) is 0 Å². The van der Waals surface area contributed by atoms with Crippen LogP contribution in [0.3, 0.4) is 0 Å². The minimum absolute atomic E-state index is 0.0782. The molecule has 8 aromatic rings. The van der Waals surface area contributed by atoms with Gasteiger partial charge in [0.25, 0.3) is 0 Å². The van der Waals surface area contributed by atoms with Crippen molar-refractivity contribution in [2.45, 2.75) is 0 Å². The minimum atomic E-state index is -0.0782. The molecule has 0 saturated heterocycles. The molecule has 0 bridgehead atoms. The fourth-order valence-corrected chi connectivity index (χ4v) is 7.51. The molecule has 10 rings (SSSR count). The topological polar surface area (TPSA) is 23.0 Å². The number of benzene rings is 5. The molecule has 3 nitrogen and oxygen atoms in total. The number of rotatable bonds is 2. The summed E-state index contributed by atoms with van der Waals surface area (Å²) in [5, 5.41) is 3.67. The predicted molar refractivity (Wildman–Crippen MR) is 165 cm³/mol. The monoisotopic (exact) mass is 508 g/mol. The van der Waals surface area contributed by atoms with Crippen molar-refractivity contribution >= 4 is 50.7 Å². The first kappa shape index (κ1) is 20.7. The predicted octanol–water partition coefficient (Wildman–Crippen LogP) is 7.61. The maximum atomic E-state index is 6.60. The molecule has 5 heterocycles. The Hall–Kier alpha value is -5.22. The first-order valence-corrected chi connectivity index (χ1v) is 13.8. The van der Waals surface area contributed by atoms with Gasteiger partial charge in [-0.3, -0.25) is 0 Å². The molecule has 0 spiro atoms. The zero-order chi connectivity index (χ0) is 25.9. The van der Waals surface area contributed by atoms with Gasteiger partial charge < -0.3 is 13.5 Å². The molecule has 0 N–H and O–H groups in total. The van der Waals surface area contributed by atoms with Gasteiger partial charge >= 0.3 is 6.85 Å². The lowest BCUT2D eigenvalue weighted by Gasteiger charge is -2.32. The molecule has 0 atom stereocenters. The van der Waals surface area contributed by atoms with Crippen LogP contribution in [0.15, 0.2) is 132 Å². The van der Waals surface area contributed by atoms with E-state index in [0.29, 0.717) is 0 Å². The first-order chi connectivity index (χ1) is 19.9. The summed E-state index contributed by atoms with van der Waals surface area (Å²) in [4.78, 5) is 0. The van der Waals surface area contributed by atoms with Crippen LogP contribution >= 0.6 is 0 Å². The second kappa shape index (κ2) is 7.25. The minimum Gasteiger partial charge on any atom is -0.473 e. The fourth-order valence-electron chi connectivity index (χ4n) is 7.51. The summed E-state index contributed by atoms with van der Waals surface area (Å²) in [6.07, 6.45) is 1.97. The maximum Gasteiger partial charge on any atom is 0.375 e. The molecule has 4 heteroatoms. The quantitative estimate of drug-likeness (QED) is 0.221. The lowest BCUT2D eigenvalue weighted by Crippen LogP contribution is -2.55. The molecule has 0 saturated carbocycles. The van der Waals surface area contributed by atoms with Crippen molar-refractivity contribution < 1.29 is 4.42 Å². The SMILES string of the molecule is c1ccc(-c2c(-c3ccccc3)n3c4c(cccc24)-c2cccc4c2B3c2occ3c5ccccc5n-4c23)cc1. The Morgan fingerprint density at radius 1 is 0.550 bits per heavy atom. The molecule has 0 radical (unpaired) electrons. The second-order valence-electron chi connectivity index (χ2n) is 10.9. The van der Waals surface area contributed by atoms with E-state index in [4.69, 9.17) is 4.42 Å². The van der Waals surface area contributed by atoms with E-state index in [9.17, 15) is 0 Å². The molecule has 0 unspecified atom stereocenters. The molecule has 2 aliphatic rings. The highest BCUT2D eigenvalue weighted by molar-refractivity contribution is 6.89. The van der Waals surface area contributed by atoms with Crippen molar-refractivity contribution in [1.82, 2.24) is 9.05 Å². The Bertz CT molecular complexity index is 2320. The van der Waals surface area contributed by atoms with Crippen LogP contribution < -0.4 is 11.1 Å². The fraction of sp³-hybridized carbons (Fsp3) is 0. The summed E-state index contributed by atoms with van der Waals surface area (Å²) in [6.45, 7) is -0.0782. The number of para-hydroxylation sites is 2. The summed E-state index contributed by atoms with van der Waals surface area (Å²) in [7, 11) is 0. The molecular weight excluding hydrogens is 487 g/mol. The highest BCUT2D eigenvalue weighted by atomic mass is 16.3. The van der Waals surface area contributed by atoms with Gasteiger partial charge in [0.1, 0.15) is 5.66 Å². The van der Waals surface area contributed by atoms with Gasteiger partial charge in [-0.1, -0.05) is 109 Å². The van der Waals surface area contributed by atoms with Gasteiger partial charge in [0.15, 0.2) is 0 Å². The van der Waals surface area contributed by atoms with E-state index in [1.807, 2.05) is 6.26 Å². The van der Waals surface area contributed by atoms with Gasteiger partial charge in [-0.05, 0) is 34.3 Å². The molecule has 3 aromatic heterocycles. The van der Waals surface area contributed by atoms with Crippen LogP contribution in [-0.4, -0.2) is 15.9 Å². The third-order valence-electron chi connectivity index (χ3n) is 8.98. The molecule has 2 aliphatic heterocycles. The molecule has 0 fully saturated rings. The lowest BCUT2D eigenvalue weighted by molar-refractivity contribution is 0.602. The second-order valence-corrected chi connectivity index (χ2v) is 10.9. The molecule has 5 aromatic carbocycles. The number of hydrogen-bond donors (Lipinski definition) is 0. The van der Waals surface area contributed by atoms with Crippen LogP contribution in [0.1, 0.15) is 0 Å². The van der Waals surface area contributed by atoms with Crippen molar-refractivity contribution in [2.75, 3.05) is 0 Å². The lowest BCUT2D eigenvalue weighted by atomic mass is 9.48. The van der Waals surface area contributed by atoms with E-state index in [-0.39, 0.29) is 6.85 Å². The van der Waals surface area contributed by atoms with Crippen molar-refractivity contribution in [3.63, 3.8) is 0 Å². The van der Waals surface area contributed by atoms with E-state index >= 15 is 0 Å². The maximum absolute atomic E-state index is 6.60. The van der Waals surface area contributed by atoms with Crippen LogP contribution in [0.4, 0.5) is 0 Å². The van der Waals surface area contributed by atoms with Gasteiger partial charge in [-0.25, -0.2) is 0 Å².